The molecule has 0 aliphatic rings. The van der Waals surface area contributed by atoms with Gasteiger partial charge in [0.25, 0.3) is 0 Å². The van der Waals surface area contributed by atoms with Gasteiger partial charge in [0.2, 0.25) is 5.91 Å². The van der Waals surface area contributed by atoms with Gasteiger partial charge in [-0.05, 0) is 25.0 Å². The summed E-state index contributed by atoms with van der Waals surface area (Å²) in [7, 11) is 0. The summed E-state index contributed by atoms with van der Waals surface area (Å²) in [6.07, 6.45) is 3.57. The summed E-state index contributed by atoms with van der Waals surface area (Å²) in [4.78, 5) is 16.3. The molecule has 1 amide bonds. The highest BCUT2D eigenvalue weighted by atomic mass is 35.5. The molecule has 0 aromatic carbocycles. The highest BCUT2D eigenvalue weighted by molar-refractivity contribution is 6.29. The van der Waals surface area contributed by atoms with Crippen molar-refractivity contribution in [1.29, 1.82) is 0 Å². The molecule has 0 spiro atoms. The largest absolute Gasteiger partial charge is 0.350 e. The number of hydrogen-bond acceptors (Lipinski definition) is 2. The molecule has 2 aromatic rings. The summed E-state index contributed by atoms with van der Waals surface area (Å²) in [5.41, 5.74) is 1.60. The van der Waals surface area contributed by atoms with Crippen molar-refractivity contribution in [3.8, 4) is 0 Å². The average Bonchev–Trinajstić information content (AvgIpc) is 2.82. The molecule has 0 unspecified atom stereocenters. The summed E-state index contributed by atoms with van der Waals surface area (Å²) in [6.45, 7) is 4.49. The lowest BCUT2D eigenvalue weighted by atomic mass is 10.0. The molecule has 4 nitrogen and oxygen atoms in total. The highest BCUT2D eigenvalue weighted by Crippen LogP contribution is 2.13. The number of carbonyl (C=O) groups is 1. The molecular weight excluding hydrogens is 262 g/mol. The van der Waals surface area contributed by atoms with E-state index in [-0.39, 0.29) is 11.8 Å². The number of halogens is 1. The van der Waals surface area contributed by atoms with E-state index < -0.39 is 0 Å². The molecule has 1 N–H and O–H groups in total. The first-order valence-corrected chi connectivity index (χ1v) is 6.93. The van der Waals surface area contributed by atoms with Crippen molar-refractivity contribution in [2.75, 3.05) is 0 Å². The van der Waals surface area contributed by atoms with Crippen molar-refractivity contribution in [3.63, 3.8) is 0 Å². The number of nitrogens with zero attached hydrogens (tertiary/aromatic N) is 2. The molecule has 0 aliphatic carbocycles. The Morgan fingerprint density at radius 3 is 2.79 bits per heavy atom. The number of pyridine rings is 1. The van der Waals surface area contributed by atoms with Gasteiger partial charge in [-0.1, -0.05) is 31.5 Å². The third kappa shape index (κ3) is 3.07. The normalized spacial score (nSPS) is 11.2. The minimum absolute atomic E-state index is 0.0839. The molecule has 19 heavy (non-hydrogen) atoms. The van der Waals surface area contributed by atoms with Crippen LogP contribution in [-0.4, -0.2) is 15.3 Å². The number of amides is 1. The molecule has 0 bridgehead atoms. The van der Waals surface area contributed by atoms with Crippen LogP contribution in [0.3, 0.4) is 0 Å². The lowest BCUT2D eigenvalue weighted by Crippen LogP contribution is -2.29. The third-order valence-corrected chi connectivity index (χ3v) is 3.60. The van der Waals surface area contributed by atoms with Crippen LogP contribution in [0.1, 0.15) is 32.4 Å². The van der Waals surface area contributed by atoms with Crippen molar-refractivity contribution in [3.05, 3.63) is 35.2 Å². The summed E-state index contributed by atoms with van der Waals surface area (Å²) >= 11 is 6.06. The second kappa shape index (κ2) is 6.06. The Labute approximate surface area is 117 Å². The monoisotopic (exact) mass is 279 g/mol. The molecule has 0 saturated heterocycles. The van der Waals surface area contributed by atoms with Crippen LogP contribution in [-0.2, 0) is 11.3 Å². The van der Waals surface area contributed by atoms with Crippen LogP contribution in [0, 0.1) is 5.92 Å². The van der Waals surface area contributed by atoms with E-state index in [4.69, 9.17) is 11.6 Å². The van der Waals surface area contributed by atoms with Crippen LogP contribution in [0.5, 0.6) is 0 Å². The molecule has 0 fully saturated rings. The topological polar surface area (TPSA) is 46.4 Å². The van der Waals surface area contributed by atoms with E-state index in [1.54, 1.807) is 4.40 Å². The van der Waals surface area contributed by atoms with Crippen molar-refractivity contribution in [1.82, 2.24) is 14.7 Å². The van der Waals surface area contributed by atoms with Crippen molar-refractivity contribution in [2.24, 2.45) is 5.92 Å². The number of rotatable bonds is 5. The van der Waals surface area contributed by atoms with E-state index in [9.17, 15) is 4.79 Å². The predicted octanol–water partition coefficient (Wildman–Crippen LogP) is 3.04. The Hall–Kier alpha value is -1.55. The zero-order valence-corrected chi connectivity index (χ0v) is 11.9. The van der Waals surface area contributed by atoms with Gasteiger partial charge in [0.1, 0.15) is 10.8 Å². The molecule has 0 atom stereocenters. The molecule has 2 heterocycles. The zero-order chi connectivity index (χ0) is 13.8. The van der Waals surface area contributed by atoms with Crippen LogP contribution in [0.4, 0.5) is 0 Å². The van der Waals surface area contributed by atoms with E-state index >= 15 is 0 Å². The molecule has 0 saturated carbocycles. The van der Waals surface area contributed by atoms with Gasteiger partial charge in [-0.25, -0.2) is 4.98 Å². The summed E-state index contributed by atoms with van der Waals surface area (Å²) in [5.74, 6) is 0.175. The summed E-state index contributed by atoms with van der Waals surface area (Å²) in [6, 6.07) is 5.55. The Bertz CT molecular complexity index is 575. The van der Waals surface area contributed by atoms with Gasteiger partial charge in [-0.15, -0.1) is 0 Å². The van der Waals surface area contributed by atoms with Crippen LogP contribution in [0.25, 0.3) is 5.65 Å². The van der Waals surface area contributed by atoms with E-state index in [2.05, 4.69) is 10.3 Å². The number of aromatic nitrogens is 2. The number of fused-ring (bicyclic) bond motifs is 1. The SMILES string of the molecule is CCC(CC)C(=O)NCc1cn2c(Cl)cccc2n1. The van der Waals surface area contributed by atoms with Gasteiger partial charge in [-0.2, -0.15) is 0 Å². The van der Waals surface area contributed by atoms with Gasteiger partial charge >= 0.3 is 0 Å². The predicted molar refractivity (Wildman–Crippen MR) is 76.1 cm³/mol. The first kappa shape index (κ1) is 13.9. The van der Waals surface area contributed by atoms with Crippen LogP contribution >= 0.6 is 11.6 Å². The zero-order valence-electron chi connectivity index (χ0n) is 11.2. The minimum Gasteiger partial charge on any atom is -0.350 e. The maximum atomic E-state index is 11.9. The molecule has 0 radical (unpaired) electrons. The van der Waals surface area contributed by atoms with Crippen LogP contribution < -0.4 is 5.32 Å². The van der Waals surface area contributed by atoms with Crippen LogP contribution in [0.15, 0.2) is 24.4 Å². The Morgan fingerprint density at radius 2 is 2.16 bits per heavy atom. The minimum atomic E-state index is 0.0839. The third-order valence-electron chi connectivity index (χ3n) is 3.29. The van der Waals surface area contributed by atoms with E-state index in [1.165, 1.54) is 0 Å². The smallest absolute Gasteiger partial charge is 0.223 e. The molecule has 2 aromatic heterocycles. The maximum absolute atomic E-state index is 11.9. The van der Waals surface area contributed by atoms with Gasteiger partial charge in [0.15, 0.2) is 0 Å². The fourth-order valence-electron chi connectivity index (χ4n) is 2.09. The van der Waals surface area contributed by atoms with Crippen molar-refractivity contribution < 1.29 is 4.79 Å². The Morgan fingerprint density at radius 1 is 1.42 bits per heavy atom. The second-order valence-electron chi connectivity index (χ2n) is 4.54. The quantitative estimate of drug-likeness (QED) is 0.855. The first-order chi connectivity index (χ1) is 9.15. The molecular formula is C14H18ClN3O. The van der Waals surface area contributed by atoms with Crippen molar-refractivity contribution >= 4 is 23.2 Å². The summed E-state index contributed by atoms with van der Waals surface area (Å²) < 4.78 is 1.81. The van der Waals surface area contributed by atoms with Gasteiger partial charge < -0.3 is 5.32 Å². The number of hydrogen-bond donors (Lipinski definition) is 1. The van der Waals surface area contributed by atoms with Gasteiger partial charge in [0.05, 0.1) is 12.2 Å². The summed E-state index contributed by atoms with van der Waals surface area (Å²) in [5, 5.41) is 3.54. The van der Waals surface area contributed by atoms with Crippen LogP contribution in [0.2, 0.25) is 5.15 Å². The fourth-order valence-corrected chi connectivity index (χ4v) is 2.30. The van der Waals surface area contributed by atoms with Gasteiger partial charge in [0, 0.05) is 12.1 Å². The lowest BCUT2D eigenvalue weighted by molar-refractivity contribution is -0.125. The molecule has 102 valence electrons. The molecule has 5 heteroatoms. The Balaban J connectivity index is 2.06. The molecule has 2 rings (SSSR count). The highest BCUT2D eigenvalue weighted by Gasteiger charge is 2.14. The Kier molecular flexibility index (Phi) is 4.43. The number of carbonyl (C=O) groups excluding carboxylic acids is 1. The van der Waals surface area contributed by atoms with Gasteiger partial charge in [-0.3, -0.25) is 9.20 Å². The first-order valence-electron chi connectivity index (χ1n) is 6.55. The van der Waals surface area contributed by atoms with Crippen molar-refractivity contribution in [2.45, 2.75) is 33.2 Å². The number of imidazole rings is 1. The standard InChI is InChI=1S/C14H18ClN3O/c1-3-10(4-2)14(19)16-8-11-9-18-12(15)6-5-7-13(18)17-11/h5-7,9-10H,3-4,8H2,1-2H3,(H,16,19). The second-order valence-corrected chi connectivity index (χ2v) is 4.93. The van der Waals surface area contributed by atoms with E-state index in [0.717, 1.165) is 24.2 Å². The molecule has 0 aliphatic heterocycles. The number of nitrogens with one attached hydrogen (secondary N) is 1. The van der Waals surface area contributed by atoms with E-state index in [0.29, 0.717) is 11.7 Å². The fraction of sp³-hybridized carbons (Fsp3) is 0.429. The van der Waals surface area contributed by atoms with E-state index in [1.807, 2.05) is 38.2 Å². The lowest BCUT2D eigenvalue weighted by Gasteiger charge is -2.11. The average molecular weight is 280 g/mol. The maximum Gasteiger partial charge on any atom is 0.223 e.